The largest absolute Gasteiger partial charge is 0.334 e. The van der Waals surface area contributed by atoms with Gasteiger partial charge >= 0.3 is 6.03 Å². The Hall–Kier alpha value is -2.36. The van der Waals surface area contributed by atoms with E-state index in [1.54, 1.807) is 18.2 Å². The number of anilines is 1. The molecule has 4 heteroatoms. The van der Waals surface area contributed by atoms with Crippen LogP contribution in [-0.4, -0.2) is 6.03 Å². The number of hydrogen-bond acceptors (Lipinski definition) is 1. The number of hydrogen-bond donors (Lipinski definition) is 2. The number of carbonyl (C=O) groups is 1. The van der Waals surface area contributed by atoms with Crippen LogP contribution in [0.15, 0.2) is 42.5 Å². The van der Waals surface area contributed by atoms with Crippen LogP contribution in [-0.2, 0) is 19.4 Å². The van der Waals surface area contributed by atoms with E-state index in [1.807, 2.05) is 12.1 Å². The number of rotatable bonds is 3. The number of benzene rings is 2. The molecule has 0 saturated carbocycles. The molecule has 0 unspecified atom stereocenters. The normalized spacial score (nSPS) is 12.8. The number of fused-ring (bicyclic) bond motifs is 1. The zero-order chi connectivity index (χ0) is 14.7. The summed E-state index contributed by atoms with van der Waals surface area (Å²) in [5.74, 6) is -0.310. The van der Waals surface area contributed by atoms with Gasteiger partial charge in [0.25, 0.3) is 0 Å². The maximum absolute atomic E-state index is 13.4. The van der Waals surface area contributed by atoms with E-state index in [4.69, 9.17) is 0 Å². The van der Waals surface area contributed by atoms with Crippen LogP contribution in [0.3, 0.4) is 0 Å². The van der Waals surface area contributed by atoms with Gasteiger partial charge in [0, 0.05) is 17.8 Å². The number of amides is 2. The quantitative estimate of drug-likeness (QED) is 0.887. The number of carbonyl (C=O) groups excluding carboxylic acids is 1. The zero-order valence-corrected chi connectivity index (χ0v) is 11.7. The average Bonchev–Trinajstić information content (AvgIpc) is 2.94. The Balaban J connectivity index is 1.58. The van der Waals surface area contributed by atoms with Crippen molar-refractivity contribution in [3.63, 3.8) is 0 Å². The molecule has 2 aromatic rings. The van der Waals surface area contributed by atoms with Crippen LogP contribution in [0.5, 0.6) is 0 Å². The minimum Gasteiger partial charge on any atom is -0.334 e. The lowest BCUT2D eigenvalue weighted by Crippen LogP contribution is -2.28. The summed E-state index contributed by atoms with van der Waals surface area (Å²) in [5.41, 5.74) is 3.93. The topological polar surface area (TPSA) is 41.1 Å². The van der Waals surface area contributed by atoms with Gasteiger partial charge in [0.05, 0.1) is 0 Å². The van der Waals surface area contributed by atoms with E-state index in [0.717, 1.165) is 18.5 Å². The second-order valence-electron chi connectivity index (χ2n) is 5.24. The molecule has 108 valence electrons. The van der Waals surface area contributed by atoms with Crippen molar-refractivity contribution in [3.8, 4) is 0 Å². The first kappa shape index (κ1) is 13.6. The molecule has 1 aliphatic carbocycles. The van der Waals surface area contributed by atoms with Crippen molar-refractivity contribution in [3.05, 3.63) is 65.0 Å². The Morgan fingerprint density at radius 3 is 2.76 bits per heavy atom. The first-order valence-electron chi connectivity index (χ1n) is 7.12. The highest BCUT2D eigenvalue weighted by atomic mass is 19.1. The molecular formula is C17H17FN2O. The zero-order valence-electron chi connectivity index (χ0n) is 11.7. The predicted octanol–water partition coefficient (Wildman–Crippen LogP) is 3.64. The summed E-state index contributed by atoms with van der Waals surface area (Å²) in [7, 11) is 0. The van der Waals surface area contributed by atoms with Gasteiger partial charge < -0.3 is 10.6 Å². The smallest absolute Gasteiger partial charge is 0.319 e. The van der Waals surface area contributed by atoms with Crippen LogP contribution >= 0.6 is 0 Å². The van der Waals surface area contributed by atoms with Crippen LogP contribution in [0.4, 0.5) is 14.9 Å². The summed E-state index contributed by atoms with van der Waals surface area (Å²) in [4.78, 5) is 11.9. The molecule has 21 heavy (non-hydrogen) atoms. The third-order valence-electron chi connectivity index (χ3n) is 3.75. The fraction of sp³-hybridized carbons (Fsp3) is 0.235. The number of urea groups is 1. The van der Waals surface area contributed by atoms with Crippen molar-refractivity contribution in [2.75, 3.05) is 5.32 Å². The molecule has 0 fully saturated rings. The maximum Gasteiger partial charge on any atom is 0.319 e. The highest BCUT2D eigenvalue weighted by Crippen LogP contribution is 2.24. The molecule has 3 nitrogen and oxygen atoms in total. The monoisotopic (exact) mass is 284 g/mol. The summed E-state index contributed by atoms with van der Waals surface area (Å²) < 4.78 is 13.4. The van der Waals surface area contributed by atoms with Gasteiger partial charge in [-0.2, -0.15) is 0 Å². The standard InChI is InChI=1S/C17H17FN2O/c18-16-7-2-1-4-14(16)11-19-17(21)20-15-9-8-12-5-3-6-13(12)10-15/h1-2,4,7-10H,3,5-6,11H2,(H2,19,20,21). The van der Waals surface area contributed by atoms with Gasteiger partial charge in [-0.25, -0.2) is 9.18 Å². The molecule has 2 N–H and O–H groups in total. The van der Waals surface area contributed by atoms with Crippen LogP contribution < -0.4 is 10.6 Å². The second-order valence-corrected chi connectivity index (χ2v) is 5.24. The Morgan fingerprint density at radius 2 is 1.90 bits per heavy atom. The van der Waals surface area contributed by atoms with Crippen LogP contribution in [0.1, 0.15) is 23.1 Å². The average molecular weight is 284 g/mol. The lowest BCUT2D eigenvalue weighted by Gasteiger charge is -2.09. The van der Waals surface area contributed by atoms with Crippen molar-refractivity contribution >= 4 is 11.7 Å². The third-order valence-corrected chi connectivity index (χ3v) is 3.75. The van der Waals surface area contributed by atoms with Crippen molar-refractivity contribution in [1.29, 1.82) is 0 Å². The molecule has 0 atom stereocenters. The van der Waals surface area contributed by atoms with E-state index >= 15 is 0 Å². The Kier molecular flexibility index (Phi) is 3.86. The maximum atomic E-state index is 13.4. The molecule has 0 spiro atoms. The molecule has 3 rings (SSSR count). The minimum absolute atomic E-state index is 0.170. The SMILES string of the molecule is O=C(NCc1ccccc1F)Nc1ccc2c(c1)CCC2. The molecule has 0 saturated heterocycles. The van der Waals surface area contributed by atoms with E-state index in [0.29, 0.717) is 5.56 Å². The number of nitrogens with one attached hydrogen (secondary N) is 2. The van der Waals surface area contributed by atoms with Crippen LogP contribution in [0.2, 0.25) is 0 Å². The van der Waals surface area contributed by atoms with Crippen molar-refractivity contribution in [2.24, 2.45) is 0 Å². The third kappa shape index (κ3) is 3.21. The number of halogens is 1. The van der Waals surface area contributed by atoms with E-state index in [9.17, 15) is 9.18 Å². The van der Waals surface area contributed by atoms with Crippen molar-refractivity contribution < 1.29 is 9.18 Å². The molecule has 2 amide bonds. The van der Waals surface area contributed by atoms with Gasteiger partial charge in [-0.05, 0) is 48.6 Å². The molecule has 2 aromatic carbocycles. The summed E-state index contributed by atoms with van der Waals surface area (Å²) in [6.45, 7) is 0.170. The summed E-state index contributed by atoms with van der Waals surface area (Å²) in [6, 6.07) is 12.1. The van der Waals surface area contributed by atoms with Crippen molar-refractivity contribution in [1.82, 2.24) is 5.32 Å². The minimum atomic E-state index is -0.323. The van der Waals surface area contributed by atoms with Crippen molar-refractivity contribution in [2.45, 2.75) is 25.8 Å². The Labute approximate surface area is 123 Å². The van der Waals surface area contributed by atoms with Gasteiger partial charge in [0.15, 0.2) is 0 Å². The van der Waals surface area contributed by atoms with Crippen LogP contribution in [0.25, 0.3) is 0 Å². The lowest BCUT2D eigenvalue weighted by atomic mass is 10.1. The van der Waals surface area contributed by atoms with Gasteiger partial charge in [-0.1, -0.05) is 24.3 Å². The lowest BCUT2D eigenvalue weighted by molar-refractivity contribution is 0.251. The summed E-state index contributed by atoms with van der Waals surface area (Å²) in [6.07, 6.45) is 3.37. The molecule has 0 heterocycles. The predicted molar refractivity (Wildman–Crippen MR) is 80.7 cm³/mol. The fourth-order valence-electron chi connectivity index (χ4n) is 2.64. The first-order chi connectivity index (χ1) is 10.2. The van der Waals surface area contributed by atoms with E-state index in [-0.39, 0.29) is 18.4 Å². The number of aryl methyl sites for hydroxylation is 2. The second kappa shape index (κ2) is 5.95. The molecular weight excluding hydrogens is 267 g/mol. The van der Waals surface area contributed by atoms with E-state index < -0.39 is 0 Å². The Morgan fingerprint density at radius 1 is 1.10 bits per heavy atom. The van der Waals surface area contributed by atoms with E-state index in [2.05, 4.69) is 16.7 Å². The van der Waals surface area contributed by atoms with E-state index in [1.165, 1.54) is 23.6 Å². The van der Waals surface area contributed by atoms with Gasteiger partial charge in [-0.15, -0.1) is 0 Å². The molecule has 0 aromatic heterocycles. The summed E-state index contributed by atoms with van der Waals surface area (Å²) in [5, 5.41) is 5.45. The van der Waals surface area contributed by atoms with Crippen LogP contribution in [0, 0.1) is 5.82 Å². The summed E-state index contributed by atoms with van der Waals surface area (Å²) >= 11 is 0. The molecule has 0 radical (unpaired) electrons. The molecule has 0 bridgehead atoms. The van der Waals surface area contributed by atoms with Gasteiger partial charge in [0.2, 0.25) is 0 Å². The van der Waals surface area contributed by atoms with Gasteiger partial charge in [-0.3, -0.25) is 0 Å². The van der Waals surface area contributed by atoms with Gasteiger partial charge in [0.1, 0.15) is 5.82 Å². The highest BCUT2D eigenvalue weighted by Gasteiger charge is 2.11. The molecule has 1 aliphatic rings. The first-order valence-corrected chi connectivity index (χ1v) is 7.12. The highest BCUT2D eigenvalue weighted by molar-refractivity contribution is 5.89. The fourth-order valence-corrected chi connectivity index (χ4v) is 2.64. The Bertz CT molecular complexity index is 670. The molecule has 0 aliphatic heterocycles.